The van der Waals surface area contributed by atoms with Gasteiger partial charge in [-0.2, -0.15) is 8.42 Å². The molecule has 9 heteroatoms. The van der Waals surface area contributed by atoms with Crippen LogP contribution in [-0.2, 0) is 10.1 Å². The van der Waals surface area contributed by atoms with Crippen molar-refractivity contribution in [3.63, 3.8) is 0 Å². The fraction of sp³-hybridized carbons (Fsp3) is 1.00. The Morgan fingerprint density at radius 1 is 1.18 bits per heavy atom. The minimum atomic E-state index is -4.39. The van der Waals surface area contributed by atoms with E-state index in [0.29, 0.717) is 0 Å². The molecule has 1 atom stereocenters. The molecule has 0 fully saturated rings. The van der Waals surface area contributed by atoms with Gasteiger partial charge in [0.25, 0.3) is 10.1 Å². The van der Waals surface area contributed by atoms with Gasteiger partial charge in [-0.25, -0.2) is 0 Å². The van der Waals surface area contributed by atoms with E-state index in [2.05, 4.69) is 0 Å². The van der Waals surface area contributed by atoms with Crippen molar-refractivity contribution in [2.45, 2.75) is 5.37 Å². The third-order valence-corrected chi connectivity index (χ3v) is 2.75. The van der Waals surface area contributed by atoms with Gasteiger partial charge in [-0.05, 0) is 0 Å². The number of rotatable bonds is 3. The van der Waals surface area contributed by atoms with Crippen LogP contribution in [0.5, 0.6) is 0 Å². The van der Waals surface area contributed by atoms with Crippen molar-refractivity contribution in [3.8, 4) is 0 Å². The van der Waals surface area contributed by atoms with Gasteiger partial charge in [0.1, 0.15) is 11.1 Å². The van der Waals surface area contributed by atoms with Crippen LogP contribution in [0.4, 0.5) is 0 Å². The van der Waals surface area contributed by atoms with Crippen LogP contribution in [0.15, 0.2) is 0 Å². The lowest BCUT2D eigenvalue weighted by atomic mass is 10.8. The molecular weight excluding hydrogens is 198 g/mol. The Labute approximate surface area is 65.1 Å². The molecule has 7 nitrogen and oxygen atoms in total. The van der Waals surface area contributed by atoms with E-state index in [9.17, 15) is 8.42 Å². The second-order valence-corrected chi connectivity index (χ2v) is 5.07. The summed E-state index contributed by atoms with van der Waals surface area (Å²) in [4.78, 5) is 0. The van der Waals surface area contributed by atoms with Crippen LogP contribution in [0.2, 0.25) is 0 Å². The van der Waals surface area contributed by atoms with Gasteiger partial charge < -0.3 is 19.4 Å². The van der Waals surface area contributed by atoms with Crippen LogP contribution < -0.4 is 5.73 Å². The van der Waals surface area contributed by atoms with Crippen LogP contribution in [0.3, 0.4) is 0 Å². The van der Waals surface area contributed by atoms with E-state index in [1.54, 1.807) is 0 Å². The lowest BCUT2D eigenvalue weighted by Crippen LogP contribution is -2.34. The minimum absolute atomic E-state index is 1.09. The molecule has 0 aliphatic heterocycles. The Morgan fingerprint density at radius 3 is 1.64 bits per heavy atom. The summed E-state index contributed by atoms with van der Waals surface area (Å²) in [6, 6.07) is 0. The molecule has 0 aliphatic rings. The molecule has 0 aliphatic carbocycles. The third-order valence-electron chi connectivity index (χ3n) is 0.781. The van der Waals surface area contributed by atoms with Gasteiger partial charge in [0.15, 0.2) is 0 Å². The van der Waals surface area contributed by atoms with Crippen LogP contribution in [0, 0.1) is 0 Å². The summed E-state index contributed by atoms with van der Waals surface area (Å²) in [5.41, 5.74) is 4.78. The van der Waals surface area contributed by atoms with Gasteiger partial charge in [-0.1, -0.05) is 0 Å². The smallest absolute Gasteiger partial charge is 0.267 e. The van der Waals surface area contributed by atoms with E-state index >= 15 is 0 Å². The van der Waals surface area contributed by atoms with E-state index in [0.717, 1.165) is 0 Å². The fourth-order valence-electron chi connectivity index (χ4n) is 0.299. The van der Waals surface area contributed by atoms with Crippen molar-refractivity contribution in [1.82, 2.24) is 0 Å². The maximum absolute atomic E-state index is 10.0. The molecule has 11 heavy (non-hydrogen) atoms. The second-order valence-electron chi connectivity index (χ2n) is 1.85. The highest BCUT2D eigenvalue weighted by molar-refractivity contribution is 8.20. The first-order chi connectivity index (χ1) is 4.63. The maximum Gasteiger partial charge on any atom is 0.267 e. The molecule has 0 rings (SSSR count). The summed E-state index contributed by atoms with van der Waals surface area (Å²) in [7, 11) is -8.49. The normalized spacial score (nSPS) is 17.9. The van der Waals surface area contributed by atoms with Crippen molar-refractivity contribution in [2.24, 2.45) is 5.73 Å². The SMILES string of the molecule is NC(CS(=O)(=O)O)S(O)(O)O. The lowest BCUT2D eigenvalue weighted by molar-refractivity contribution is 0.362. The van der Waals surface area contributed by atoms with Crippen molar-refractivity contribution in [2.75, 3.05) is 5.75 Å². The van der Waals surface area contributed by atoms with E-state index in [-0.39, 0.29) is 0 Å². The quantitative estimate of drug-likeness (QED) is 0.388. The summed E-state index contributed by atoms with van der Waals surface area (Å²) >= 11 is 0. The van der Waals surface area contributed by atoms with Gasteiger partial charge in [-0.3, -0.25) is 4.55 Å². The van der Waals surface area contributed by atoms with E-state index < -0.39 is 32.1 Å². The van der Waals surface area contributed by atoms with Gasteiger partial charge >= 0.3 is 0 Å². The molecule has 0 saturated carbocycles. The summed E-state index contributed by atoms with van der Waals surface area (Å²) in [5.74, 6) is -1.09. The molecule has 0 aromatic heterocycles. The van der Waals surface area contributed by atoms with Crippen molar-refractivity contribution in [1.29, 1.82) is 0 Å². The average Bonchev–Trinajstić information content (AvgIpc) is 1.56. The fourth-order valence-corrected chi connectivity index (χ4v) is 1.96. The topological polar surface area (TPSA) is 141 Å². The van der Waals surface area contributed by atoms with Gasteiger partial charge in [0, 0.05) is 0 Å². The largest absolute Gasteiger partial charge is 0.314 e. The predicted octanol–water partition coefficient (Wildman–Crippen LogP) is -0.617. The monoisotopic (exact) mass is 207 g/mol. The Kier molecular flexibility index (Phi) is 3.26. The van der Waals surface area contributed by atoms with Crippen LogP contribution in [0.1, 0.15) is 0 Å². The van der Waals surface area contributed by atoms with Crippen LogP contribution >= 0.6 is 10.9 Å². The summed E-state index contributed by atoms with van der Waals surface area (Å²) in [5, 5.41) is -1.78. The van der Waals surface area contributed by atoms with Crippen LogP contribution in [0.25, 0.3) is 0 Å². The van der Waals surface area contributed by atoms with Crippen molar-refractivity contribution >= 4 is 21.0 Å². The first-order valence-corrected chi connectivity index (χ1v) is 5.51. The van der Waals surface area contributed by atoms with E-state index in [1.807, 2.05) is 0 Å². The molecule has 0 heterocycles. The molecule has 0 aromatic rings. The molecule has 0 amide bonds. The van der Waals surface area contributed by atoms with Crippen LogP contribution in [-0.4, -0.2) is 37.8 Å². The van der Waals surface area contributed by atoms with Crippen molar-refractivity contribution < 1.29 is 26.6 Å². The first kappa shape index (κ1) is 11.1. The average molecular weight is 207 g/mol. The highest BCUT2D eigenvalue weighted by Crippen LogP contribution is 2.36. The molecular formula is C2H9NO6S2. The molecule has 70 valence electrons. The number of hydrogen-bond acceptors (Lipinski definition) is 6. The highest BCUT2D eigenvalue weighted by Gasteiger charge is 2.27. The molecule has 0 aromatic carbocycles. The molecule has 1 unspecified atom stereocenters. The number of hydrogen-bond donors (Lipinski definition) is 5. The standard InChI is InChI=1S/C2H9NO6S2/c3-2(11(7,8)9)1-10(4,5)6/h2,7-9H,1,3H2,(H,4,5,6). The Hall–Kier alpha value is 0.1000. The zero-order chi connectivity index (χ0) is 9.28. The first-order valence-electron chi connectivity index (χ1n) is 2.33. The zero-order valence-electron chi connectivity index (χ0n) is 5.28. The number of nitrogens with two attached hydrogens (primary N) is 1. The Bertz CT molecular complexity index is 215. The van der Waals surface area contributed by atoms with E-state index in [4.69, 9.17) is 23.9 Å². The Balaban J connectivity index is 4.21. The Morgan fingerprint density at radius 2 is 1.55 bits per heavy atom. The summed E-state index contributed by atoms with van der Waals surface area (Å²) in [6.45, 7) is 0. The molecule has 0 bridgehead atoms. The second kappa shape index (κ2) is 3.23. The van der Waals surface area contributed by atoms with Gasteiger partial charge in [-0.15, -0.1) is 0 Å². The van der Waals surface area contributed by atoms with E-state index in [1.165, 1.54) is 0 Å². The zero-order valence-corrected chi connectivity index (χ0v) is 6.92. The molecule has 6 N–H and O–H groups in total. The minimum Gasteiger partial charge on any atom is -0.314 e. The maximum atomic E-state index is 10.0. The molecule has 0 radical (unpaired) electrons. The van der Waals surface area contributed by atoms with Crippen molar-refractivity contribution in [3.05, 3.63) is 0 Å². The van der Waals surface area contributed by atoms with Gasteiger partial charge in [0.2, 0.25) is 0 Å². The van der Waals surface area contributed by atoms with Gasteiger partial charge in [0.05, 0.1) is 10.9 Å². The molecule has 0 saturated heterocycles. The lowest BCUT2D eigenvalue weighted by Gasteiger charge is -2.24. The third kappa shape index (κ3) is 5.38. The summed E-state index contributed by atoms with van der Waals surface area (Å²) in [6.07, 6.45) is 0. The highest BCUT2D eigenvalue weighted by atomic mass is 32.3. The summed E-state index contributed by atoms with van der Waals surface area (Å²) < 4.78 is 53.2. The predicted molar refractivity (Wildman–Crippen MR) is 39.9 cm³/mol. The molecule has 0 spiro atoms.